The minimum atomic E-state index is -0.877. The summed E-state index contributed by atoms with van der Waals surface area (Å²) >= 11 is 0. The van der Waals surface area contributed by atoms with Crippen molar-refractivity contribution in [3.05, 3.63) is 83.2 Å². The third-order valence-corrected chi connectivity index (χ3v) is 6.23. The third kappa shape index (κ3) is 4.55. The van der Waals surface area contributed by atoms with Crippen LogP contribution in [0.25, 0.3) is 5.76 Å². The molecule has 1 atom stereocenters. The van der Waals surface area contributed by atoms with Crippen LogP contribution in [0.5, 0.6) is 23.0 Å². The Morgan fingerprint density at radius 1 is 1.08 bits per heavy atom. The van der Waals surface area contributed by atoms with Gasteiger partial charge in [-0.2, -0.15) is 0 Å². The maximum absolute atomic E-state index is 13.4. The Bertz CT molecular complexity index is 1370. The maximum atomic E-state index is 13.4. The molecule has 2 aliphatic heterocycles. The van der Waals surface area contributed by atoms with E-state index in [4.69, 9.17) is 18.9 Å². The van der Waals surface area contributed by atoms with Crippen molar-refractivity contribution in [1.29, 1.82) is 0 Å². The first kappa shape index (κ1) is 24.2. The molecule has 5 rings (SSSR count). The number of ether oxygens (including phenoxy) is 4. The molecule has 1 fully saturated rings. The van der Waals surface area contributed by atoms with E-state index in [9.17, 15) is 14.7 Å². The molecule has 0 radical (unpaired) electrons. The van der Waals surface area contributed by atoms with Gasteiger partial charge in [-0.05, 0) is 54.4 Å². The van der Waals surface area contributed by atoms with Gasteiger partial charge >= 0.3 is 0 Å². The Balaban J connectivity index is 1.65. The number of fused-ring (bicyclic) bond motifs is 1. The molecular weight excluding hydrogens is 476 g/mol. The topological polar surface area (TPSA) is 107 Å². The van der Waals surface area contributed by atoms with E-state index in [2.05, 4.69) is 4.98 Å². The Kier molecular flexibility index (Phi) is 6.68. The molecule has 0 bridgehead atoms. The van der Waals surface area contributed by atoms with Gasteiger partial charge in [0.05, 0.1) is 25.3 Å². The van der Waals surface area contributed by atoms with Gasteiger partial charge in [0.2, 0.25) is 0 Å². The van der Waals surface area contributed by atoms with Gasteiger partial charge in [0.1, 0.15) is 19.0 Å². The van der Waals surface area contributed by atoms with E-state index in [1.54, 1.807) is 54.9 Å². The van der Waals surface area contributed by atoms with Crippen LogP contribution in [-0.2, 0) is 16.1 Å². The number of aromatic nitrogens is 1. The van der Waals surface area contributed by atoms with Crippen LogP contribution in [-0.4, -0.2) is 53.6 Å². The molecule has 3 heterocycles. The van der Waals surface area contributed by atoms with Crippen molar-refractivity contribution >= 4 is 17.4 Å². The van der Waals surface area contributed by atoms with E-state index in [0.29, 0.717) is 53.9 Å². The number of methoxy groups -OCH3 is 1. The lowest BCUT2D eigenvalue weighted by Gasteiger charge is -2.26. The smallest absolute Gasteiger partial charge is 0.295 e. The molecular formula is C28H26N2O7. The predicted molar refractivity (Wildman–Crippen MR) is 134 cm³/mol. The highest BCUT2D eigenvalue weighted by atomic mass is 16.6. The second-order valence-electron chi connectivity index (χ2n) is 8.49. The molecule has 9 nitrogen and oxygen atoms in total. The van der Waals surface area contributed by atoms with Crippen LogP contribution >= 0.6 is 0 Å². The molecule has 1 N–H and O–H groups in total. The zero-order chi connectivity index (χ0) is 25.9. The van der Waals surface area contributed by atoms with E-state index in [0.717, 1.165) is 5.56 Å². The maximum Gasteiger partial charge on any atom is 0.295 e. The molecule has 3 aromatic rings. The number of aliphatic hydroxyl groups is 1. The summed E-state index contributed by atoms with van der Waals surface area (Å²) in [6, 6.07) is 12.8. The highest BCUT2D eigenvalue weighted by Gasteiger charge is 2.46. The van der Waals surface area contributed by atoms with Gasteiger partial charge < -0.3 is 29.0 Å². The number of nitrogens with zero attached hydrogens (tertiary/aromatic N) is 2. The van der Waals surface area contributed by atoms with E-state index < -0.39 is 17.7 Å². The Morgan fingerprint density at radius 3 is 2.62 bits per heavy atom. The average Bonchev–Trinajstić information content (AvgIpc) is 3.18. The number of hydrogen-bond donors (Lipinski definition) is 1. The average molecular weight is 503 g/mol. The molecule has 190 valence electrons. The Hall–Kier alpha value is -4.53. The van der Waals surface area contributed by atoms with Crippen LogP contribution < -0.4 is 18.9 Å². The lowest BCUT2D eigenvalue weighted by molar-refractivity contribution is -0.140. The SMILES string of the molecule is CCOc1ccc([C@@H]2C(=C(O)c3ccc4c(c3)OCCO4)C(=O)C(=O)N2Cc2cccnc2)cc1OC. The molecule has 0 saturated carbocycles. The summed E-state index contributed by atoms with van der Waals surface area (Å²) in [6.45, 7) is 3.23. The lowest BCUT2D eigenvalue weighted by atomic mass is 9.94. The van der Waals surface area contributed by atoms with Crippen molar-refractivity contribution in [1.82, 2.24) is 9.88 Å². The largest absolute Gasteiger partial charge is 0.507 e. The third-order valence-electron chi connectivity index (χ3n) is 6.23. The van der Waals surface area contributed by atoms with Gasteiger partial charge in [0, 0.05) is 24.5 Å². The first-order valence-electron chi connectivity index (χ1n) is 11.9. The molecule has 1 aromatic heterocycles. The number of benzene rings is 2. The van der Waals surface area contributed by atoms with Crippen LogP contribution in [0.2, 0.25) is 0 Å². The van der Waals surface area contributed by atoms with Crippen LogP contribution in [0, 0.1) is 0 Å². The summed E-state index contributed by atoms with van der Waals surface area (Å²) < 4.78 is 22.4. The summed E-state index contributed by atoms with van der Waals surface area (Å²) in [6.07, 6.45) is 3.27. The van der Waals surface area contributed by atoms with Crippen LogP contribution in [0.15, 0.2) is 66.5 Å². The van der Waals surface area contributed by atoms with E-state index in [1.807, 2.05) is 13.0 Å². The van der Waals surface area contributed by atoms with Crippen molar-refractivity contribution < 1.29 is 33.6 Å². The van der Waals surface area contributed by atoms with Gasteiger partial charge in [-0.1, -0.05) is 12.1 Å². The Morgan fingerprint density at radius 2 is 1.89 bits per heavy atom. The molecule has 0 spiro atoms. The monoisotopic (exact) mass is 502 g/mol. The highest BCUT2D eigenvalue weighted by molar-refractivity contribution is 6.46. The number of Topliss-reactive ketones (excluding diaryl/α,β-unsaturated/α-hetero) is 1. The van der Waals surface area contributed by atoms with Crippen molar-refractivity contribution in [2.24, 2.45) is 0 Å². The number of rotatable bonds is 7. The highest BCUT2D eigenvalue weighted by Crippen LogP contribution is 2.43. The number of likely N-dealkylation sites (tertiary alicyclic amines) is 1. The van der Waals surface area contributed by atoms with E-state index >= 15 is 0 Å². The molecule has 0 aliphatic carbocycles. The van der Waals surface area contributed by atoms with Crippen LogP contribution in [0.4, 0.5) is 0 Å². The predicted octanol–water partition coefficient (Wildman–Crippen LogP) is 3.88. The van der Waals surface area contributed by atoms with Gasteiger partial charge in [-0.25, -0.2) is 0 Å². The van der Waals surface area contributed by atoms with E-state index in [-0.39, 0.29) is 17.9 Å². The molecule has 1 saturated heterocycles. The first-order valence-corrected chi connectivity index (χ1v) is 11.9. The van der Waals surface area contributed by atoms with Crippen molar-refractivity contribution in [3.63, 3.8) is 0 Å². The molecule has 2 aliphatic rings. The summed E-state index contributed by atoms with van der Waals surface area (Å²) in [7, 11) is 1.52. The number of pyridine rings is 1. The number of carbonyl (C=O) groups excluding carboxylic acids is 2. The summed E-state index contributed by atoms with van der Waals surface area (Å²) in [5.41, 5.74) is 1.64. The minimum absolute atomic E-state index is 0.0308. The standard InChI is InChI=1S/C28H26N2O7/c1-3-35-20-8-6-18(13-22(20)34-2)25-24(26(31)19-7-9-21-23(14-19)37-12-11-36-21)27(32)28(33)30(25)16-17-5-4-10-29-15-17/h4-10,13-15,25,31H,3,11-12,16H2,1-2H3/t25-/m1/s1. The van der Waals surface area contributed by atoms with E-state index in [1.165, 1.54) is 12.0 Å². The number of amides is 1. The second-order valence-corrected chi connectivity index (χ2v) is 8.49. The number of ketones is 1. The zero-order valence-electron chi connectivity index (χ0n) is 20.5. The van der Waals surface area contributed by atoms with Crippen molar-refractivity contribution in [3.8, 4) is 23.0 Å². The number of hydrogen-bond acceptors (Lipinski definition) is 8. The molecule has 9 heteroatoms. The minimum Gasteiger partial charge on any atom is -0.507 e. The number of aliphatic hydroxyl groups excluding tert-OH is 1. The van der Waals surface area contributed by atoms with Crippen molar-refractivity contribution in [2.45, 2.75) is 19.5 Å². The first-order chi connectivity index (χ1) is 18.0. The summed E-state index contributed by atoms with van der Waals surface area (Å²) in [5.74, 6) is 0.180. The normalized spacial score (nSPS) is 18.1. The van der Waals surface area contributed by atoms with Gasteiger partial charge in [-0.15, -0.1) is 0 Å². The fourth-order valence-electron chi connectivity index (χ4n) is 4.55. The van der Waals surface area contributed by atoms with Gasteiger partial charge in [0.15, 0.2) is 23.0 Å². The molecule has 37 heavy (non-hydrogen) atoms. The fraction of sp³-hybridized carbons (Fsp3) is 0.250. The molecule has 1 amide bonds. The summed E-state index contributed by atoms with van der Waals surface area (Å²) in [5, 5.41) is 11.4. The van der Waals surface area contributed by atoms with Gasteiger partial charge in [-0.3, -0.25) is 14.6 Å². The van der Waals surface area contributed by atoms with Crippen molar-refractivity contribution in [2.75, 3.05) is 26.9 Å². The Labute approximate surface area is 213 Å². The number of carbonyl (C=O) groups is 2. The van der Waals surface area contributed by atoms with Crippen LogP contribution in [0.3, 0.4) is 0 Å². The molecule has 0 unspecified atom stereocenters. The van der Waals surface area contributed by atoms with Crippen LogP contribution in [0.1, 0.15) is 29.7 Å². The quantitative estimate of drug-likeness (QED) is 0.295. The zero-order valence-corrected chi connectivity index (χ0v) is 20.5. The summed E-state index contributed by atoms with van der Waals surface area (Å²) in [4.78, 5) is 32.2. The fourth-order valence-corrected chi connectivity index (χ4v) is 4.55. The van der Waals surface area contributed by atoms with Gasteiger partial charge in [0.25, 0.3) is 11.7 Å². The molecule has 2 aromatic carbocycles. The lowest BCUT2D eigenvalue weighted by Crippen LogP contribution is -2.29. The second kappa shape index (κ2) is 10.2.